The van der Waals surface area contributed by atoms with Crippen LogP contribution in [0.15, 0.2) is 18.2 Å². The number of rotatable bonds is 5. The number of aromatic amines is 1. The normalized spacial score (nSPS) is 22.0. The number of H-pyrrole nitrogens is 1. The maximum atomic E-state index is 13.2. The van der Waals surface area contributed by atoms with Gasteiger partial charge in [0.1, 0.15) is 5.75 Å². The predicted molar refractivity (Wildman–Crippen MR) is 135 cm³/mol. The number of likely N-dealkylation sites (tertiary alicyclic amines) is 1. The van der Waals surface area contributed by atoms with Gasteiger partial charge < -0.3 is 29.9 Å². The molecule has 35 heavy (non-hydrogen) atoms. The highest BCUT2D eigenvalue weighted by molar-refractivity contribution is 5.89. The highest BCUT2D eigenvalue weighted by Crippen LogP contribution is 2.49. The largest absolute Gasteiger partial charge is 0.497 e. The molecular formula is C27H38N4O4. The molecule has 8 nitrogen and oxygen atoms in total. The number of carbonyl (C=O) groups excluding carboxylic acids is 2. The van der Waals surface area contributed by atoms with Gasteiger partial charge >= 0.3 is 6.03 Å². The number of fused-ring (bicyclic) bond motifs is 4. The molecule has 1 spiro atoms. The van der Waals surface area contributed by atoms with Gasteiger partial charge in [0.25, 0.3) is 0 Å². The number of hydrogen-bond donors (Lipinski definition) is 3. The Bertz CT molecular complexity index is 1080. The molecular weight excluding hydrogens is 444 g/mol. The number of amides is 3. The molecule has 2 fully saturated rings. The van der Waals surface area contributed by atoms with E-state index < -0.39 is 6.04 Å². The molecule has 1 aliphatic carbocycles. The van der Waals surface area contributed by atoms with Crippen LogP contribution in [0.4, 0.5) is 4.79 Å². The summed E-state index contributed by atoms with van der Waals surface area (Å²) in [7, 11) is 1.65. The number of ether oxygens (including phenoxy) is 1. The van der Waals surface area contributed by atoms with Crippen molar-refractivity contribution >= 4 is 22.8 Å². The molecule has 1 saturated heterocycles. The average Bonchev–Trinajstić information content (AvgIpc) is 3.55. The summed E-state index contributed by atoms with van der Waals surface area (Å²) < 4.78 is 5.45. The van der Waals surface area contributed by atoms with Gasteiger partial charge in [0.2, 0.25) is 5.91 Å². The first-order chi connectivity index (χ1) is 17.0. The maximum absolute atomic E-state index is 13.2. The number of methoxy groups -OCH3 is 1. The number of aliphatic hydroxyl groups excluding tert-OH is 1. The summed E-state index contributed by atoms with van der Waals surface area (Å²) >= 11 is 0. The summed E-state index contributed by atoms with van der Waals surface area (Å²) in [5.41, 5.74) is 2.78. The average molecular weight is 483 g/mol. The lowest BCUT2D eigenvalue weighted by atomic mass is 9.68. The van der Waals surface area contributed by atoms with Crippen LogP contribution in [-0.2, 0) is 10.2 Å². The number of hydrogen-bond acceptors (Lipinski definition) is 4. The van der Waals surface area contributed by atoms with Crippen molar-refractivity contribution in [3.05, 3.63) is 29.5 Å². The third-order valence-corrected chi connectivity index (χ3v) is 8.44. The first kappa shape index (κ1) is 24.0. The van der Waals surface area contributed by atoms with Gasteiger partial charge in [0.15, 0.2) is 0 Å². The van der Waals surface area contributed by atoms with Crippen molar-refractivity contribution in [2.45, 2.75) is 63.3 Å². The van der Waals surface area contributed by atoms with Crippen LogP contribution in [0.1, 0.15) is 69.2 Å². The summed E-state index contributed by atoms with van der Waals surface area (Å²) in [6.07, 6.45) is 6.78. The van der Waals surface area contributed by atoms with Gasteiger partial charge in [-0.3, -0.25) is 4.79 Å². The predicted octanol–water partition coefficient (Wildman–Crippen LogP) is 3.70. The molecule has 2 aromatic rings. The van der Waals surface area contributed by atoms with E-state index in [-0.39, 0.29) is 24.0 Å². The Morgan fingerprint density at radius 2 is 1.97 bits per heavy atom. The van der Waals surface area contributed by atoms with Crippen molar-refractivity contribution in [1.82, 2.24) is 20.1 Å². The van der Waals surface area contributed by atoms with E-state index in [0.717, 1.165) is 67.3 Å². The number of urea groups is 1. The van der Waals surface area contributed by atoms with E-state index in [1.165, 1.54) is 5.56 Å². The molecule has 1 aromatic heterocycles. The lowest BCUT2D eigenvalue weighted by molar-refractivity contribution is -0.137. The molecule has 0 radical (unpaired) electrons. The highest BCUT2D eigenvalue weighted by atomic mass is 16.5. The number of benzene rings is 1. The Labute approximate surface area is 207 Å². The molecule has 3 aliphatic rings. The minimum atomic E-state index is -0.441. The zero-order valence-electron chi connectivity index (χ0n) is 20.9. The fourth-order valence-corrected chi connectivity index (χ4v) is 6.55. The minimum absolute atomic E-state index is 0.142. The first-order valence-electron chi connectivity index (χ1n) is 13.2. The van der Waals surface area contributed by atoms with Crippen LogP contribution in [0.25, 0.3) is 10.9 Å². The van der Waals surface area contributed by atoms with Crippen molar-refractivity contribution in [3.8, 4) is 5.75 Å². The van der Waals surface area contributed by atoms with Crippen LogP contribution in [-0.4, -0.2) is 71.7 Å². The van der Waals surface area contributed by atoms with Crippen molar-refractivity contribution in [2.75, 3.05) is 39.9 Å². The third-order valence-electron chi connectivity index (χ3n) is 8.44. The van der Waals surface area contributed by atoms with E-state index in [1.807, 2.05) is 19.1 Å². The molecule has 5 rings (SSSR count). The summed E-state index contributed by atoms with van der Waals surface area (Å²) in [4.78, 5) is 33.8. The van der Waals surface area contributed by atoms with Gasteiger partial charge in [0, 0.05) is 60.2 Å². The summed E-state index contributed by atoms with van der Waals surface area (Å²) in [5.74, 6) is 1.25. The van der Waals surface area contributed by atoms with Crippen LogP contribution in [0.5, 0.6) is 5.75 Å². The zero-order valence-corrected chi connectivity index (χ0v) is 20.9. The number of aromatic nitrogens is 1. The number of carbonyl (C=O) groups is 2. The Balaban J connectivity index is 1.52. The number of nitrogens with zero attached hydrogens (tertiary/aromatic N) is 2. The maximum Gasteiger partial charge on any atom is 0.318 e. The molecule has 1 saturated carbocycles. The topological polar surface area (TPSA) is 97.9 Å². The number of aliphatic hydroxyl groups is 1. The Morgan fingerprint density at radius 3 is 2.63 bits per heavy atom. The van der Waals surface area contributed by atoms with Gasteiger partial charge in [0.05, 0.1) is 19.8 Å². The molecule has 1 aromatic carbocycles. The van der Waals surface area contributed by atoms with E-state index in [0.29, 0.717) is 32.1 Å². The lowest BCUT2D eigenvalue weighted by Gasteiger charge is -2.50. The molecule has 190 valence electrons. The molecule has 8 heteroatoms. The second-order valence-electron chi connectivity index (χ2n) is 10.5. The van der Waals surface area contributed by atoms with Crippen LogP contribution in [0.3, 0.4) is 0 Å². The Kier molecular flexibility index (Phi) is 6.66. The fraction of sp³-hybridized carbons (Fsp3) is 0.630. The van der Waals surface area contributed by atoms with Gasteiger partial charge in [-0.05, 0) is 49.8 Å². The Hall–Kier alpha value is -2.74. The van der Waals surface area contributed by atoms with Crippen LogP contribution < -0.4 is 10.1 Å². The quantitative estimate of drug-likeness (QED) is 0.605. The summed E-state index contributed by atoms with van der Waals surface area (Å²) in [6.45, 7) is 4.41. The van der Waals surface area contributed by atoms with E-state index in [1.54, 1.807) is 12.0 Å². The zero-order chi connectivity index (χ0) is 24.6. The van der Waals surface area contributed by atoms with Crippen LogP contribution in [0.2, 0.25) is 0 Å². The summed E-state index contributed by atoms with van der Waals surface area (Å²) in [5, 5.41) is 14.5. The lowest BCUT2D eigenvalue weighted by Crippen LogP contribution is -2.57. The molecule has 1 atom stereocenters. The molecule has 0 unspecified atom stereocenters. The second-order valence-corrected chi connectivity index (χ2v) is 10.5. The molecule has 3 amide bonds. The van der Waals surface area contributed by atoms with E-state index >= 15 is 0 Å². The second kappa shape index (κ2) is 9.72. The van der Waals surface area contributed by atoms with Crippen molar-refractivity contribution in [1.29, 1.82) is 0 Å². The number of piperidine rings is 1. The molecule has 3 N–H and O–H groups in total. The van der Waals surface area contributed by atoms with E-state index in [4.69, 9.17) is 4.74 Å². The molecule has 0 bridgehead atoms. The first-order valence-corrected chi connectivity index (χ1v) is 13.2. The minimum Gasteiger partial charge on any atom is -0.497 e. The van der Waals surface area contributed by atoms with Gasteiger partial charge in [-0.25, -0.2) is 4.79 Å². The van der Waals surface area contributed by atoms with E-state index in [2.05, 4.69) is 21.3 Å². The fourth-order valence-electron chi connectivity index (χ4n) is 6.55. The SMILES string of the molecule is CCCNC(=O)N1CC2(CCN(C(=O)C3CCCC3)CC2)c2c([nH]c3cc(OC)ccc23)[C@@H]1CO. The third kappa shape index (κ3) is 4.15. The van der Waals surface area contributed by atoms with Gasteiger partial charge in [-0.2, -0.15) is 0 Å². The van der Waals surface area contributed by atoms with E-state index in [9.17, 15) is 14.7 Å². The molecule has 2 aliphatic heterocycles. The highest BCUT2D eigenvalue weighted by Gasteiger charge is 2.49. The smallest absolute Gasteiger partial charge is 0.318 e. The van der Waals surface area contributed by atoms with Gasteiger partial charge in [-0.1, -0.05) is 19.8 Å². The standard InChI is InChI=1S/C27H38N4O4/c1-3-12-28-26(34)31-17-27(10-13-30(14-11-27)25(33)18-6-4-5-7-18)23-20-9-8-19(35-2)15-21(20)29-24(23)22(31)16-32/h8-9,15,18,22,29,32H,3-7,10-14,16-17H2,1-2H3,(H,28,34)/t22-/m0/s1. The Morgan fingerprint density at radius 1 is 1.23 bits per heavy atom. The van der Waals surface area contributed by atoms with Crippen LogP contribution in [0, 0.1) is 5.92 Å². The summed E-state index contributed by atoms with van der Waals surface area (Å²) in [6, 6.07) is 5.45. The van der Waals surface area contributed by atoms with Crippen molar-refractivity contribution in [2.24, 2.45) is 5.92 Å². The van der Waals surface area contributed by atoms with Crippen molar-refractivity contribution in [3.63, 3.8) is 0 Å². The molecule has 3 heterocycles. The van der Waals surface area contributed by atoms with Crippen molar-refractivity contribution < 1.29 is 19.4 Å². The van der Waals surface area contributed by atoms with Gasteiger partial charge in [-0.15, -0.1) is 0 Å². The monoisotopic (exact) mass is 482 g/mol. The van der Waals surface area contributed by atoms with Crippen LogP contribution >= 0.6 is 0 Å². The number of nitrogens with one attached hydrogen (secondary N) is 2.